The van der Waals surface area contributed by atoms with Crippen LogP contribution in [0.15, 0.2) is 30.3 Å². The molecule has 0 saturated carbocycles. The summed E-state index contributed by atoms with van der Waals surface area (Å²) in [5, 5.41) is 10.2. The minimum atomic E-state index is -0.645. The first-order valence-corrected chi connectivity index (χ1v) is 7.20. The van der Waals surface area contributed by atoms with Crippen LogP contribution in [-0.2, 0) is 25.6 Å². The summed E-state index contributed by atoms with van der Waals surface area (Å²) >= 11 is 0. The third-order valence-corrected chi connectivity index (χ3v) is 3.75. The fourth-order valence-electron chi connectivity index (χ4n) is 2.29. The van der Waals surface area contributed by atoms with Gasteiger partial charge in [-0.1, -0.05) is 30.3 Å². The molecular weight excluding hydrogens is 272 g/mol. The second-order valence-electron chi connectivity index (χ2n) is 5.27. The molecule has 1 heterocycles. The summed E-state index contributed by atoms with van der Waals surface area (Å²) in [5.41, 5.74) is 1.09. The molecular formula is C16H24O5. The molecule has 1 aromatic carbocycles. The van der Waals surface area contributed by atoms with E-state index in [-0.39, 0.29) is 24.6 Å². The highest BCUT2D eigenvalue weighted by Gasteiger charge is 2.47. The first kappa shape index (κ1) is 16.4. The fourth-order valence-corrected chi connectivity index (χ4v) is 2.29. The molecule has 0 aromatic heterocycles. The van der Waals surface area contributed by atoms with Gasteiger partial charge in [0.25, 0.3) is 0 Å². The van der Waals surface area contributed by atoms with Gasteiger partial charge in [0.1, 0.15) is 12.2 Å². The summed E-state index contributed by atoms with van der Waals surface area (Å²) in [4.78, 5) is 0. The minimum Gasteiger partial charge on any atom is -0.388 e. The summed E-state index contributed by atoms with van der Waals surface area (Å²) in [7, 11) is 3.18. The standard InChI is InChI=1S/C16H24O5/c1-11(20-10-12-7-5-4-6-8-12)15(17)16-13(21-16)9-14(18-2)19-3/h4-8,11,13-17H,9-10H2,1-3H3/t11-,13+,15-,16+/m0/s1. The van der Waals surface area contributed by atoms with E-state index in [1.54, 1.807) is 14.2 Å². The van der Waals surface area contributed by atoms with E-state index in [0.717, 1.165) is 5.56 Å². The van der Waals surface area contributed by atoms with Crippen molar-refractivity contribution in [2.45, 2.75) is 50.7 Å². The molecule has 1 aliphatic rings. The molecule has 5 nitrogen and oxygen atoms in total. The first-order valence-electron chi connectivity index (χ1n) is 7.20. The van der Waals surface area contributed by atoms with Gasteiger partial charge in [0.15, 0.2) is 6.29 Å². The van der Waals surface area contributed by atoms with Crippen LogP contribution in [0.1, 0.15) is 18.9 Å². The fraction of sp³-hybridized carbons (Fsp3) is 0.625. The predicted molar refractivity (Wildman–Crippen MR) is 77.8 cm³/mol. The average molecular weight is 296 g/mol. The number of rotatable bonds is 9. The average Bonchev–Trinajstić information content (AvgIpc) is 3.29. The van der Waals surface area contributed by atoms with E-state index in [1.807, 2.05) is 37.3 Å². The van der Waals surface area contributed by atoms with Crippen LogP contribution in [0, 0.1) is 0 Å². The van der Waals surface area contributed by atoms with Gasteiger partial charge in [-0.25, -0.2) is 0 Å². The van der Waals surface area contributed by atoms with Crippen LogP contribution >= 0.6 is 0 Å². The number of hydrogen-bond acceptors (Lipinski definition) is 5. The van der Waals surface area contributed by atoms with Gasteiger partial charge in [0.05, 0.1) is 18.8 Å². The van der Waals surface area contributed by atoms with Gasteiger partial charge in [0.2, 0.25) is 0 Å². The highest BCUT2D eigenvalue weighted by Crippen LogP contribution is 2.32. The van der Waals surface area contributed by atoms with Crippen molar-refractivity contribution in [3.63, 3.8) is 0 Å². The van der Waals surface area contributed by atoms with Gasteiger partial charge < -0.3 is 24.1 Å². The molecule has 1 aromatic rings. The Balaban J connectivity index is 1.72. The zero-order valence-electron chi connectivity index (χ0n) is 12.8. The van der Waals surface area contributed by atoms with Gasteiger partial charge in [-0.3, -0.25) is 0 Å². The van der Waals surface area contributed by atoms with Crippen molar-refractivity contribution in [3.8, 4) is 0 Å². The number of aliphatic hydroxyl groups is 1. The van der Waals surface area contributed by atoms with Crippen LogP contribution in [0.5, 0.6) is 0 Å². The van der Waals surface area contributed by atoms with Crippen LogP contribution in [-0.4, -0.2) is 50.0 Å². The maximum absolute atomic E-state index is 10.2. The molecule has 1 fully saturated rings. The maximum Gasteiger partial charge on any atom is 0.159 e. The van der Waals surface area contributed by atoms with Crippen molar-refractivity contribution in [1.82, 2.24) is 0 Å². The molecule has 0 spiro atoms. The molecule has 118 valence electrons. The summed E-state index contributed by atoms with van der Waals surface area (Å²) in [5.74, 6) is 0. The zero-order chi connectivity index (χ0) is 15.2. The second kappa shape index (κ2) is 7.87. The maximum atomic E-state index is 10.2. The van der Waals surface area contributed by atoms with Gasteiger partial charge in [0, 0.05) is 20.6 Å². The van der Waals surface area contributed by atoms with Crippen LogP contribution < -0.4 is 0 Å². The highest BCUT2D eigenvalue weighted by molar-refractivity contribution is 5.13. The smallest absolute Gasteiger partial charge is 0.159 e. The third kappa shape index (κ3) is 4.76. The molecule has 1 aliphatic heterocycles. The van der Waals surface area contributed by atoms with Crippen LogP contribution in [0.2, 0.25) is 0 Å². The first-order chi connectivity index (χ1) is 10.2. The minimum absolute atomic E-state index is 0.0346. The molecule has 0 aliphatic carbocycles. The Morgan fingerprint density at radius 2 is 1.86 bits per heavy atom. The summed E-state index contributed by atoms with van der Waals surface area (Å²) in [6.45, 7) is 2.34. The molecule has 4 atom stereocenters. The van der Waals surface area contributed by atoms with E-state index in [1.165, 1.54) is 0 Å². The normalized spacial score (nSPS) is 24.0. The molecule has 0 radical (unpaired) electrons. The van der Waals surface area contributed by atoms with Crippen molar-refractivity contribution in [3.05, 3.63) is 35.9 Å². The lowest BCUT2D eigenvalue weighted by molar-refractivity contribution is -0.109. The van der Waals surface area contributed by atoms with E-state index in [9.17, 15) is 5.11 Å². The molecule has 21 heavy (non-hydrogen) atoms. The molecule has 5 heteroatoms. The number of epoxide rings is 1. The van der Waals surface area contributed by atoms with E-state index in [0.29, 0.717) is 13.0 Å². The third-order valence-electron chi connectivity index (χ3n) is 3.75. The SMILES string of the molecule is COC(C[C@H]1O[C@H]1[C@@H](O)[C@H](C)OCc1ccccc1)OC. The van der Waals surface area contributed by atoms with Crippen LogP contribution in [0.25, 0.3) is 0 Å². The summed E-state index contributed by atoms with van der Waals surface area (Å²) < 4.78 is 21.5. The Morgan fingerprint density at radius 1 is 1.19 bits per heavy atom. The number of methoxy groups -OCH3 is 2. The molecule has 2 rings (SSSR count). The Morgan fingerprint density at radius 3 is 2.48 bits per heavy atom. The Bertz CT molecular complexity index is 406. The van der Waals surface area contributed by atoms with Crippen molar-refractivity contribution in [2.24, 2.45) is 0 Å². The summed E-state index contributed by atoms with van der Waals surface area (Å²) in [6, 6.07) is 9.89. The highest BCUT2D eigenvalue weighted by atomic mass is 16.7. The van der Waals surface area contributed by atoms with Crippen LogP contribution in [0.3, 0.4) is 0 Å². The Labute approximate surface area is 125 Å². The van der Waals surface area contributed by atoms with Gasteiger partial charge in [-0.2, -0.15) is 0 Å². The van der Waals surface area contributed by atoms with E-state index >= 15 is 0 Å². The number of aliphatic hydroxyl groups excluding tert-OH is 1. The van der Waals surface area contributed by atoms with Crippen molar-refractivity contribution >= 4 is 0 Å². The number of ether oxygens (including phenoxy) is 4. The lowest BCUT2D eigenvalue weighted by Gasteiger charge is -2.18. The number of hydrogen-bond donors (Lipinski definition) is 1. The Hall–Kier alpha value is -0.980. The predicted octanol–water partition coefficient (Wildman–Crippen LogP) is 1.73. The van der Waals surface area contributed by atoms with E-state index in [2.05, 4.69) is 0 Å². The second-order valence-corrected chi connectivity index (χ2v) is 5.27. The number of benzene rings is 1. The van der Waals surface area contributed by atoms with Crippen molar-refractivity contribution in [2.75, 3.05) is 14.2 Å². The van der Waals surface area contributed by atoms with Crippen molar-refractivity contribution < 1.29 is 24.1 Å². The Kier molecular flexibility index (Phi) is 6.14. The molecule has 1 N–H and O–H groups in total. The lowest BCUT2D eigenvalue weighted by atomic mass is 10.1. The zero-order valence-corrected chi connectivity index (χ0v) is 12.8. The molecule has 0 amide bonds. The topological polar surface area (TPSA) is 60.5 Å². The van der Waals surface area contributed by atoms with Gasteiger partial charge in [-0.15, -0.1) is 0 Å². The molecule has 0 bridgehead atoms. The largest absolute Gasteiger partial charge is 0.388 e. The lowest BCUT2D eigenvalue weighted by Crippen LogP contribution is -2.32. The molecule has 1 saturated heterocycles. The van der Waals surface area contributed by atoms with E-state index in [4.69, 9.17) is 18.9 Å². The quantitative estimate of drug-likeness (QED) is 0.555. The van der Waals surface area contributed by atoms with E-state index < -0.39 is 6.10 Å². The molecule has 0 unspecified atom stereocenters. The van der Waals surface area contributed by atoms with Gasteiger partial charge in [-0.05, 0) is 12.5 Å². The van der Waals surface area contributed by atoms with Gasteiger partial charge >= 0.3 is 0 Å². The van der Waals surface area contributed by atoms with Crippen LogP contribution in [0.4, 0.5) is 0 Å². The summed E-state index contributed by atoms with van der Waals surface area (Å²) in [6.07, 6.45) is -0.860. The monoisotopic (exact) mass is 296 g/mol. The van der Waals surface area contributed by atoms with Crippen molar-refractivity contribution in [1.29, 1.82) is 0 Å².